The van der Waals surface area contributed by atoms with Crippen LogP contribution in [0.1, 0.15) is 18.4 Å². The van der Waals surface area contributed by atoms with Gasteiger partial charge in [0.2, 0.25) is 0 Å². The van der Waals surface area contributed by atoms with Gasteiger partial charge in [-0.2, -0.15) is 0 Å². The zero-order valence-electron chi connectivity index (χ0n) is 14.6. The second kappa shape index (κ2) is 9.85. The van der Waals surface area contributed by atoms with E-state index in [1.165, 1.54) is 12.8 Å². The Hall–Kier alpha value is -1.17. The van der Waals surface area contributed by atoms with E-state index in [2.05, 4.69) is 10.2 Å². The normalized spacial score (nSPS) is 18.2. The van der Waals surface area contributed by atoms with E-state index in [4.69, 9.17) is 14.2 Å². The van der Waals surface area contributed by atoms with Crippen molar-refractivity contribution in [2.45, 2.75) is 19.4 Å². The first-order valence-electron chi connectivity index (χ1n) is 7.87. The van der Waals surface area contributed by atoms with Crippen LogP contribution in [0.3, 0.4) is 0 Å². The molecule has 0 aliphatic carbocycles. The predicted octanol–water partition coefficient (Wildman–Crippen LogP) is 2.57. The van der Waals surface area contributed by atoms with Crippen molar-refractivity contribution in [2.24, 2.45) is 5.92 Å². The van der Waals surface area contributed by atoms with Crippen LogP contribution in [0.2, 0.25) is 0 Å². The zero-order chi connectivity index (χ0) is 15.9. The van der Waals surface area contributed by atoms with Gasteiger partial charge in [0.1, 0.15) is 5.75 Å². The van der Waals surface area contributed by atoms with Gasteiger partial charge in [0, 0.05) is 24.7 Å². The standard InChI is InChI=1S/C17H28N2O3.ClH/c1-18-10-13-6-5-7-19(11-13)12-14-8-16(21-3)17(22-4)9-15(14)20-2;/h8-9,13,18H,5-7,10-12H2,1-4H3;1H. The van der Waals surface area contributed by atoms with Gasteiger partial charge in [-0.3, -0.25) is 4.90 Å². The van der Waals surface area contributed by atoms with E-state index < -0.39 is 0 Å². The van der Waals surface area contributed by atoms with Gasteiger partial charge in [0.25, 0.3) is 0 Å². The monoisotopic (exact) mass is 344 g/mol. The van der Waals surface area contributed by atoms with Crippen LogP contribution in [0, 0.1) is 5.92 Å². The van der Waals surface area contributed by atoms with Crippen molar-refractivity contribution in [1.29, 1.82) is 0 Å². The van der Waals surface area contributed by atoms with Gasteiger partial charge >= 0.3 is 0 Å². The summed E-state index contributed by atoms with van der Waals surface area (Å²) in [5, 5.41) is 3.29. The number of rotatable bonds is 7. The van der Waals surface area contributed by atoms with Crippen molar-refractivity contribution < 1.29 is 14.2 Å². The highest BCUT2D eigenvalue weighted by Crippen LogP contribution is 2.35. The number of hydrogen-bond donors (Lipinski definition) is 1. The van der Waals surface area contributed by atoms with Crippen molar-refractivity contribution in [3.05, 3.63) is 17.7 Å². The number of nitrogens with zero attached hydrogens (tertiary/aromatic N) is 1. The summed E-state index contributed by atoms with van der Waals surface area (Å²) in [5.74, 6) is 3.04. The molecule has 1 N–H and O–H groups in total. The van der Waals surface area contributed by atoms with E-state index in [1.54, 1.807) is 21.3 Å². The fourth-order valence-corrected chi connectivity index (χ4v) is 3.21. The largest absolute Gasteiger partial charge is 0.496 e. The van der Waals surface area contributed by atoms with E-state index in [-0.39, 0.29) is 12.4 Å². The Labute approximate surface area is 145 Å². The molecule has 6 heteroatoms. The molecule has 1 saturated heterocycles. The number of likely N-dealkylation sites (tertiary alicyclic amines) is 1. The Bertz CT molecular complexity index is 483. The summed E-state index contributed by atoms with van der Waals surface area (Å²) in [6.45, 7) is 4.22. The molecule has 1 heterocycles. The first-order valence-corrected chi connectivity index (χ1v) is 7.87. The molecule has 1 fully saturated rings. The smallest absolute Gasteiger partial charge is 0.164 e. The Morgan fingerprint density at radius 3 is 2.35 bits per heavy atom. The Morgan fingerprint density at radius 2 is 1.74 bits per heavy atom. The fourth-order valence-electron chi connectivity index (χ4n) is 3.21. The van der Waals surface area contributed by atoms with Gasteiger partial charge in [-0.05, 0) is 45.0 Å². The Morgan fingerprint density at radius 1 is 1.09 bits per heavy atom. The molecule has 2 rings (SSSR count). The minimum absolute atomic E-state index is 0. The fraction of sp³-hybridized carbons (Fsp3) is 0.647. The van der Waals surface area contributed by atoms with Gasteiger partial charge in [0.15, 0.2) is 11.5 Å². The molecule has 0 spiro atoms. The molecular formula is C17H29ClN2O3. The first kappa shape index (κ1) is 19.9. The summed E-state index contributed by atoms with van der Waals surface area (Å²) < 4.78 is 16.3. The summed E-state index contributed by atoms with van der Waals surface area (Å²) in [6, 6.07) is 3.93. The number of hydrogen-bond acceptors (Lipinski definition) is 5. The molecule has 0 bridgehead atoms. The maximum Gasteiger partial charge on any atom is 0.164 e. The third-order valence-electron chi connectivity index (χ3n) is 4.28. The van der Waals surface area contributed by atoms with Gasteiger partial charge in [-0.15, -0.1) is 12.4 Å². The SMILES string of the molecule is CNCC1CCCN(Cc2cc(OC)c(OC)cc2OC)C1.Cl. The quantitative estimate of drug-likeness (QED) is 0.823. The molecule has 1 atom stereocenters. The lowest BCUT2D eigenvalue weighted by molar-refractivity contribution is 0.165. The summed E-state index contributed by atoms with van der Waals surface area (Å²) >= 11 is 0. The number of benzene rings is 1. The topological polar surface area (TPSA) is 43.0 Å². The maximum atomic E-state index is 5.53. The van der Waals surface area contributed by atoms with E-state index in [0.717, 1.165) is 49.2 Å². The van der Waals surface area contributed by atoms with Crippen molar-refractivity contribution in [2.75, 3.05) is 48.0 Å². The van der Waals surface area contributed by atoms with Crippen LogP contribution in [0.15, 0.2) is 12.1 Å². The van der Waals surface area contributed by atoms with Gasteiger partial charge < -0.3 is 19.5 Å². The number of halogens is 1. The predicted molar refractivity (Wildman–Crippen MR) is 95.3 cm³/mol. The van der Waals surface area contributed by atoms with Crippen molar-refractivity contribution in [3.8, 4) is 17.2 Å². The molecule has 0 amide bonds. The number of piperidine rings is 1. The van der Waals surface area contributed by atoms with E-state index in [0.29, 0.717) is 5.75 Å². The molecule has 0 saturated carbocycles. The van der Waals surface area contributed by atoms with Crippen molar-refractivity contribution >= 4 is 12.4 Å². The molecule has 23 heavy (non-hydrogen) atoms. The lowest BCUT2D eigenvalue weighted by Crippen LogP contribution is -2.38. The van der Waals surface area contributed by atoms with Crippen LogP contribution in [0.4, 0.5) is 0 Å². The van der Waals surface area contributed by atoms with Crippen molar-refractivity contribution in [1.82, 2.24) is 10.2 Å². The lowest BCUT2D eigenvalue weighted by Gasteiger charge is -2.33. The molecule has 0 radical (unpaired) electrons. The van der Waals surface area contributed by atoms with Gasteiger partial charge in [0.05, 0.1) is 21.3 Å². The molecule has 1 aliphatic heterocycles. The highest BCUT2D eigenvalue weighted by atomic mass is 35.5. The third kappa shape index (κ3) is 5.16. The highest BCUT2D eigenvalue weighted by Gasteiger charge is 2.21. The minimum Gasteiger partial charge on any atom is -0.496 e. The highest BCUT2D eigenvalue weighted by molar-refractivity contribution is 5.85. The third-order valence-corrected chi connectivity index (χ3v) is 4.28. The second-order valence-corrected chi connectivity index (χ2v) is 5.82. The molecule has 1 aliphatic rings. The molecule has 1 aromatic rings. The van der Waals surface area contributed by atoms with E-state index in [1.807, 2.05) is 19.2 Å². The second-order valence-electron chi connectivity index (χ2n) is 5.82. The number of methoxy groups -OCH3 is 3. The molecular weight excluding hydrogens is 316 g/mol. The van der Waals surface area contributed by atoms with Crippen LogP contribution >= 0.6 is 12.4 Å². The minimum atomic E-state index is 0. The van der Waals surface area contributed by atoms with Crippen molar-refractivity contribution in [3.63, 3.8) is 0 Å². The van der Waals surface area contributed by atoms with Gasteiger partial charge in [-0.1, -0.05) is 0 Å². The average molecular weight is 345 g/mol. The molecule has 132 valence electrons. The van der Waals surface area contributed by atoms with Crippen LogP contribution in [-0.4, -0.2) is 52.9 Å². The van der Waals surface area contributed by atoms with Gasteiger partial charge in [-0.25, -0.2) is 0 Å². The molecule has 1 aromatic carbocycles. The van der Waals surface area contributed by atoms with Crippen LogP contribution in [0.25, 0.3) is 0 Å². The summed E-state index contributed by atoms with van der Waals surface area (Å²) in [6.07, 6.45) is 2.56. The Balaban J connectivity index is 0.00000264. The molecule has 1 unspecified atom stereocenters. The Kier molecular flexibility index (Phi) is 8.52. The van der Waals surface area contributed by atoms with E-state index >= 15 is 0 Å². The van der Waals surface area contributed by atoms with E-state index in [9.17, 15) is 0 Å². The average Bonchev–Trinajstić information content (AvgIpc) is 2.55. The maximum absolute atomic E-state index is 5.53. The van der Waals surface area contributed by atoms with Crippen LogP contribution in [-0.2, 0) is 6.54 Å². The summed E-state index contributed by atoms with van der Waals surface area (Å²) in [7, 11) is 7.03. The zero-order valence-corrected chi connectivity index (χ0v) is 15.4. The lowest BCUT2D eigenvalue weighted by atomic mass is 9.97. The summed E-state index contributed by atoms with van der Waals surface area (Å²) in [4.78, 5) is 2.50. The molecule has 5 nitrogen and oxygen atoms in total. The first-order chi connectivity index (χ1) is 10.7. The number of ether oxygens (including phenoxy) is 3. The summed E-state index contributed by atoms with van der Waals surface area (Å²) in [5.41, 5.74) is 1.14. The number of nitrogens with one attached hydrogen (secondary N) is 1. The molecule has 0 aromatic heterocycles. The van der Waals surface area contributed by atoms with Crippen LogP contribution in [0.5, 0.6) is 17.2 Å². The van der Waals surface area contributed by atoms with Crippen LogP contribution < -0.4 is 19.5 Å².